The van der Waals surface area contributed by atoms with E-state index in [9.17, 15) is 14.9 Å². The molecule has 0 aliphatic rings. The van der Waals surface area contributed by atoms with Crippen LogP contribution in [0.1, 0.15) is 12.5 Å². The van der Waals surface area contributed by atoms with E-state index >= 15 is 0 Å². The molecule has 6 heteroatoms. The van der Waals surface area contributed by atoms with E-state index in [0.29, 0.717) is 11.3 Å². The second kappa shape index (κ2) is 5.11. The minimum absolute atomic E-state index is 0.0542. The lowest BCUT2D eigenvalue weighted by atomic mass is 10.1. The highest BCUT2D eigenvalue weighted by molar-refractivity contribution is 5.75. The molecule has 0 aromatic heterocycles. The SMILES string of the molecule is CCOC(=O)Cc1cc([N+](=O)[O-])ccc1N. The lowest BCUT2D eigenvalue weighted by molar-refractivity contribution is -0.384. The van der Waals surface area contributed by atoms with Crippen molar-refractivity contribution in [2.24, 2.45) is 0 Å². The third kappa shape index (κ3) is 2.94. The molecule has 1 rings (SSSR count). The fraction of sp³-hybridized carbons (Fsp3) is 0.300. The predicted molar refractivity (Wildman–Crippen MR) is 57.8 cm³/mol. The summed E-state index contributed by atoms with van der Waals surface area (Å²) in [6, 6.07) is 3.99. The Hall–Kier alpha value is -2.11. The fourth-order valence-electron chi connectivity index (χ4n) is 1.23. The monoisotopic (exact) mass is 224 g/mol. The molecule has 0 unspecified atom stereocenters. The zero-order valence-corrected chi connectivity index (χ0v) is 8.80. The average Bonchev–Trinajstić information content (AvgIpc) is 2.21. The van der Waals surface area contributed by atoms with Gasteiger partial charge in [-0.3, -0.25) is 14.9 Å². The van der Waals surface area contributed by atoms with Crippen LogP contribution in [0.15, 0.2) is 18.2 Å². The standard InChI is InChI=1S/C10H12N2O4/c1-2-16-10(13)6-7-5-8(12(14)15)3-4-9(7)11/h3-5H,2,6,11H2,1H3. The van der Waals surface area contributed by atoms with E-state index in [1.54, 1.807) is 6.92 Å². The molecule has 0 bridgehead atoms. The molecular formula is C10H12N2O4. The number of rotatable bonds is 4. The molecule has 2 N–H and O–H groups in total. The van der Waals surface area contributed by atoms with Crippen LogP contribution in [0.3, 0.4) is 0 Å². The highest BCUT2D eigenvalue weighted by Gasteiger charge is 2.12. The summed E-state index contributed by atoms with van der Waals surface area (Å²) in [5.41, 5.74) is 6.27. The van der Waals surface area contributed by atoms with Crippen molar-refractivity contribution in [3.63, 3.8) is 0 Å². The second-order valence-electron chi connectivity index (χ2n) is 3.12. The first-order chi connectivity index (χ1) is 7.54. The number of anilines is 1. The quantitative estimate of drug-likeness (QED) is 0.359. The number of hydrogen-bond acceptors (Lipinski definition) is 5. The van der Waals surface area contributed by atoms with Crippen molar-refractivity contribution in [3.8, 4) is 0 Å². The van der Waals surface area contributed by atoms with Gasteiger partial charge in [0.25, 0.3) is 5.69 Å². The van der Waals surface area contributed by atoms with E-state index in [1.165, 1.54) is 18.2 Å². The number of nitrogen functional groups attached to an aromatic ring is 1. The molecule has 0 fully saturated rings. The summed E-state index contributed by atoms with van der Waals surface area (Å²) in [4.78, 5) is 21.2. The number of nitro groups is 1. The maximum absolute atomic E-state index is 11.2. The molecule has 0 amide bonds. The van der Waals surface area contributed by atoms with Gasteiger partial charge in [-0.25, -0.2) is 0 Å². The van der Waals surface area contributed by atoms with Crippen LogP contribution in [0.2, 0.25) is 0 Å². The van der Waals surface area contributed by atoms with Gasteiger partial charge in [0.1, 0.15) is 0 Å². The molecule has 0 saturated carbocycles. The van der Waals surface area contributed by atoms with E-state index in [0.717, 1.165) is 0 Å². The van der Waals surface area contributed by atoms with Crippen molar-refractivity contribution in [1.82, 2.24) is 0 Å². The fourth-order valence-corrected chi connectivity index (χ4v) is 1.23. The molecule has 0 atom stereocenters. The van der Waals surface area contributed by atoms with Crippen LogP contribution in [-0.2, 0) is 16.0 Å². The van der Waals surface area contributed by atoms with Gasteiger partial charge in [-0.1, -0.05) is 0 Å². The number of non-ortho nitro benzene ring substituents is 1. The first-order valence-corrected chi connectivity index (χ1v) is 4.73. The third-order valence-corrected chi connectivity index (χ3v) is 1.98. The van der Waals surface area contributed by atoms with Crippen molar-refractivity contribution in [2.45, 2.75) is 13.3 Å². The Morgan fingerprint density at radius 2 is 2.25 bits per heavy atom. The molecule has 6 nitrogen and oxygen atoms in total. The molecule has 0 aliphatic carbocycles. The number of nitrogens with two attached hydrogens (primary N) is 1. The van der Waals surface area contributed by atoms with Crippen LogP contribution in [0.4, 0.5) is 11.4 Å². The summed E-state index contributed by atoms with van der Waals surface area (Å²) >= 11 is 0. The van der Waals surface area contributed by atoms with Gasteiger partial charge in [0, 0.05) is 17.8 Å². The van der Waals surface area contributed by atoms with Gasteiger partial charge in [0.2, 0.25) is 0 Å². The van der Waals surface area contributed by atoms with Gasteiger partial charge < -0.3 is 10.5 Å². The minimum atomic E-state index is -0.534. The van der Waals surface area contributed by atoms with E-state index < -0.39 is 10.9 Å². The highest BCUT2D eigenvalue weighted by atomic mass is 16.6. The highest BCUT2D eigenvalue weighted by Crippen LogP contribution is 2.20. The minimum Gasteiger partial charge on any atom is -0.466 e. The molecule has 1 aromatic rings. The largest absolute Gasteiger partial charge is 0.466 e. The summed E-state index contributed by atoms with van der Waals surface area (Å²) in [7, 11) is 0. The average molecular weight is 224 g/mol. The van der Waals surface area contributed by atoms with Crippen LogP contribution in [0.5, 0.6) is 0 Å². The molecule has 16 heavy (non-hydrogen) atoms. The summed E-state index contributed by atoms with van der Waals surface area (Å²) in [6.07, 6.45) is -0.0542. The molecule has 0 heterocycles. The van der Waals surface area contributed by atoms with Gasteiger partial charge in [0.05, 0.1) is 18.0 Å². The summed E-state index contributed by atoms with van der Waals surface area (Å²) in [5.74, 6) is -0.449. The zero-order valence-electron chi connectivity index (χ0n) is 8.80. The lowest BCUT2D eigenvalue weighted by Gasteiger charge is -2.05. The Labute approximate surface area is 92.2 Å². The molecule has 0 spiro atoms. The van der Waals surface area contributed by atoms with Crippen molar-refractivity contribution in [2.75, 3.05) is 12.3 Å². The summed E-state index contributed by atoms with van der Waals surface area (Å²) in [6.45, 7) is 1.96. The number of carbonyl (C=O) groups is 1. The molecule has 0 aliphatic heterocycles. The number of benzene rings is 1. The first kappa shape index (κ1) is 12.0. The second-order valence-corrected chi connectivity index (χ2v) is 3.12. The Bertz CT molecular complexity index is 417. The Balaban J connectivity index is 2.90. The maximum atomic E-state index is 11.2. The van der Waals surface area contributed by atoms with E-state index in [2.05, 4.69) is 0 Å². The van der Waals surface area contributed by atoms with Crippen LogP contribution in [-0.4, -0.2) is 17.5 Å². The molecule has 0 radical (unpaired) electrons. The van der Waals surface area contributed by atoms with E-state index in [4.69, 9.17) is 10.5 Å². The molecule has 1 aromatic carbocycles. The van der Waals surface area contributed by atoms with Crippen LogP contribution in [0, 0.1) is 10.1 Å². The molecular weight excluding hydrogens is 212 g/mol. The predicted octanol–water partition coefficient (Wildman–Crippen LogP) is 1.28. The van der Waals surface area contributed by atoms with E-state index in [-0.39, 0.29) is 18.7 Å². The third-order valence-electron chi connectivity index (χ3n) is 1.98. The van der Waals surface area contributed by atoms with Gasteiger partial charge in [-0.2, -0.15) is 0 Å². The van der Waals surface area contributed by atoms with Gasteiger partial charge >= 0.3 is 5.97 Å². The topological polar surface area (TPSA) is 95.5 Å². The maximum Gasteiger partial charge on any atom is 0.310 e. The van der Waals surface area contributed by atoms with Crippen molar-refractivity contribution in [3.05, 3.63) is 33.9 Å². The Morgan fingerprint density at radius 1 is 1.56 bits per heavy atom. The van der Waals surface area contributed by atoms with Crippen LogP contribution >= 0.6 is 0 Å². The Kier molecular flexibility index (Phi) is 3.82. The first-order valence-electron chi connectivity index (χ1n) is 4.73. The number of nitrogens with zero attached hydrogens (tertiary/aromatic N) is 1. The number of hydrogen-bond donors (Lipinski definition) is 1. The van der Waals surface area contributed by atoms with Crippen LogP contribution in [0.25, 0.3) is 0 Å². The van der Waals surface area contributed by atoms with Gasteiger partial charge in [-0.05, 0) is 18.6 Å². The van der Waals surface area contributed by atoms with Crippen molar-refractivity contribution in [1.29, 1.82) is 0 Å². The normalized spacial score (nSPS) is 9.81. The van der Waals surface area contributed by atoms with Gasteiger partial charge in [-0.15, -0.1) is 0 Å². The Morgan fingerprint density at radius 3 is 2.81 bits per heavy atom. The molecule has 0 saturated heterocycles. The van der Waals surface area contributed by atoms with Crippen LogP contribution < -0.4 is 5.73 Å². The number of nitro benzene ring substituents is 1. The lowest BCUT2D eigenvalue weighted by Crippen LogP contribution is -2.09. The smallest absolute Gasteiger partial charge is 0.310 e. The number of ether oxygens (including phenoxy) is 1. The van der Waals surface area contributed by atoms with Crippen molar-refractivity contribution >= 4 is 17.3 Å². The zero-order chi connectivity index (χ0) is 12.1. The van der Waals surface area contributed by atoms with Crippen molar-refractivity contribution < 1.29 is 14.5 Å². The number of carbonyl (C=O) groups excluding carboxylic acids is 1. The number of esters is 1. The molecule has 86 valence electrons. The summed E-state index contributed by atoms with van der Waals surface area (Å²) in [5, 5.41) is 10.5. The van der Waals surface area contributed by atoms with E-state index in [1.807, 2.05) is 0 Å². The van der Waals surface area contributed by atoms with Gasteiger partial charge in [0.15, 0.2) is 0 Å². The summed E-state index contributed by atoms with van der Waals surface area (Å²) < 4.78 is 4.74.